The molecule has 0 spiro atoms. The van der Waals surface area contributed by atoms with Crippen molar-refractivity contribution in [3.05, 3.63) is 34.2 Å². The molecule has 5 heteroatoms. The summed E-state index contributed by atoms with van der Waals surface area (Å²) < 4.78 is 19.4. The molecule has 0 unspecified atom stereocenters. The van der Waals surface area contributed by atoms with Gasteiger partial charge in [0, 0.05) is 29.4 Å². The minimum Gasteiger partial charge on any atom is -0.387 e. The molecule has 0 fully saturated rings. The van der Waals surface area contributed by atoms with Crippen LogP contribution in [0.3, 0.4) is 0 Å². The van der Waals surface area contributed by atoms with Gasteiger partial charge < -0.3 is 10.1 Å². The number of rotatable bonds is 1. The van der Waals surface area contributed by atoms with Crippen LogP contribution in [0.4, 0.5) is 10.1 Å². The number of fused-ring (bicyclic) bond motifs is 2. The molecule has 1 aromatic carbocycles. The summed E-state index contributed by atoms with van der Waals surface area (Å²) in [6.45, 7) is 1.13. The molecule has 2 heterocycles. The Morgan fingerprint density at radius 2 is 2.28 bits per heavy atom. The number of pyridine rings is 1. The highest BCUT2D eigenvalue weighted by Crippen LogP contribution is 2.34. The summed E-state index contributed by atoms with van der Waals surface area (Å²) in [5.41, 5.74) is 3.12. The number of hydrogen-bond donors (Lipinski definition) is 1. The molecule has 0 saturated heterocycles. The maximum atomic E-state index is 13.9. The average molecular weight is 267 g/mol. The first-order valence-corrected chi connectivity index (χ1v) is 6.14. The lowest BCUT2D eigenvalue weighted by atomic mass is 10.0. The van der Waals surface area contributed by atoms with Gasteiger partial charge in [-0.3, -0.25) is 0 Å². The molecular formula is C13H12ClFN2O. The third-order valence-electron chi connectivity index (χ3n) is 3.17. The molecule has 0 bridgehead atoms. The fraction of sp³-hybridized carbons (Fsp3) is 0.308. The quantitative estimate of drug-likeness (QED) is 0.861. The zero-order valence-corrected chi connectivity index (χ0v) is 10.6. The molecule has 3 rings (SSSR count). The van der Waals surface area contributed by atoms with E-state index in [1.807, 2.05) is 7.05 Å². The molecule has 0 atom stereocenters. The molecular weight excluding hydrogens is 255 g/mol. The van der Waals surface area contributed by atoms with Crippen molar-refractivity contribution in [2.45, 2.75) is 13.0 Å². The first kappa shape index (κ1) is 11.7. The number of benzene rings is 1. The Morgan fingerprint density at radius 3 is 3.06 bits per heavy atom. The van der Waals surface area contributed by atoms with E-state index in [4.69, 9.17) is 16.3 Å². The standard InChI is InChI=1S/C13H12ClFN2O/c1-16-12-8-4-7(14)5-10(15)13(8)17-11-2-3-18-6-9(11)12/h4-5H,2-3,6H2,1H3,(H,16,17). The molecule has 0 amide bonds. The summed E-state index contributed by atoms with van der Waals surface area (Å²) in [5.74, 6) is -0.386. The zero-order chi connectivity index (χ0) is 12.7. The number of hydrogen-bond acceptors (Lipinski definition) is 3. The Balaban J connectivity index is 2.40. The highest BCUT2D eigenvalue weighted by atomic mass is 35.5. The third-order valence-corrected chi connectivity index (χ3v) is 3.39. The van der Waals surface area contributed by atoms with Gasteiger partial charge in [0.2, 0.25) is 0 Å². The minimum atomic E-state index is -0.386. The molecule has 1 N–H and O–H groups in total. The van der Waals surface area contributed by atoms with Crippen LogP contribution in [-0.2, 0) is 17.8 Å². The molecule has 0 radical (unpaired) electrons. The second-order valence-corrected chi connectivity index (χ2v) is 4.68. The van der Waals surface area contributed by atoms with Crippen LogP contribution in [0.2, 0.25) is 5.02 Å². The summed E-state index contributed by atoms with van der Waals surface area (Å²) in [7, 11) is 1.81. The maximum absolute atomic E-state index is 13.9. The van der Waals surface area contributed by atoms with Gasteiger partial charge in [0.25, 0.3) is 0 Å². The fourth-order valence-corrected chi connectivity index (χ4v) is 2.58. The minimum absolute atomic E-state index is 0.365. The van der Waals surface area contributed by atoms with E-state index in [2.05, 4.69) is 10.3 Å². The SMILES string of the molecule is CNc1c2c(nc3c(F)cc(Cl)cc13)CCOC2. The lowest BCUT2D eigenvalue weighted by Gasteiger charge is -2.21. The second kappa shape index (κ2) is 4.37. The largest absolute Gasteiger partial charge is 0.387 e. The van der Waals surface area contributed by atoms with Gasteiger partial charge in [-0.1, -0.05) is 11.6 Å². The zero-order valence-electron chi connectivity index (χ0n) is 9.89. The lowest BCUT2D eigenvalue weighted by molar-refractivity contribution is 0.110. The van der Waals surface area contributed by atoms with E-state index in [0.29, 0.717) is 35.6 Å². The van der Waals surface area contributed by atoms with Gasteiger partial charge in [-0.15, -0.1) is 0 Å². The average Bonchev–Trinajstić information content (AvgIpc) is 2.36. The van der Waals surface area contributed by atoms with Crippen LogP contribution in [0.5, 0.6) is 0 Å². The van der Waals surface area contributed by atoms with Gasteiger partial charge in [-0.25, -0.2) is 9.37 Å². The summed E-state index contributed by atoms with van der Waals surface area (Å²) in [5, 5.41) is 4.18. The number of aromatic nitrogens is 1. The Hall–Kier alpha value is -1.39. The topological polar surface area (TPSA) is 34.2 Å². The lowest BCUT2D eigenvalue weighted by Crippen LogP contribution is -2.14. The summed E-state index contributed by atoms with van der Waals surface area (Å²) in [6, 6.07) is 3.02. The van der Waals surface area contributed by atoms with Crippen LogP contribution in [0.15, 0.2) is 12.1 Å². The van der Waals surface area contributed by atoms with Crippen molar-refractivity contribution in [1.29, 1.82) is 0 Å². The van der Waals surface area contributed by atoms with Gasteiger partial charge >= 0.3 is 0 Å². The van der Waals surface area contributed by atoms with Crippen LogP contribution >= 0.6 is 11.6 Å². The first-order chi connectivity index (χ1) is 8.70. The monoisotopic (exact) mass is 266 g/mol. The first-order valence-electron chi connectivity index (χ1n) is 5.76. The van der Waals surface area contributed by atoms with E-state index in [-0.39, 0.29) is 5.82 Å². The number of anilines is 1. The van der Waals surface area contributed by atoms with E-state index in [1.54, 1.807) is 6.07 Å². The Morgan fingerprint density at radius 1 is 1.44 bits per heavy atom. The van der Waals surface area contributed by atoms with E-state index in [1.165, 1.54) is 6.07 Å². The van der Waals surface area contributed by atoms with Gasteiger partial charge in [0.05, 0.1) is 24.6 Å². The summed E-state index contributed by atoms with van der Waals surface area (Å²) in [4.78, 5) is 4.41. The van der Waals surface area contributed by atoms with Crippen molar-refractivity contribution in [3.63, 3.8) is 0 Å². The van der Waals surface area contributed by atoms with E-state index >= 15 is 0 Å². The molecule has 0 aliphatic carbocycles. The van der Waals surface area contributed by atoms with Crippen molar-refractivity contribution in [3.8, 4) is 0 Å². The van der Waals surface area contributed by atoms with Crippen molar-refractivity contribution < 1.29 is 9.13 Å². The van der Waals surface area contributed by atoms with E-state index < -0.39 is 0 Å². The second-order valence-electron chi connectivity index (χ2n) is 4.25. The van der Waals surface area contributed by atoms with Gasteiger partial charge in [-0.05, 0) is 12.1 Å². The normalized spacial score (nSPS) is 14.6. The molecule has 3 nitrogen and oxygen atoms in total. The molecule has 1 aliphatic heterocycles. The highest BCUT2D eigenvalue weighted by Gasteiger charge is 2.19. The number of ether oxygens (including phenoxy) is 1. The Bertz CT molecular complexity index is 630. The molecule has 94 valence electrons. The van der Waals surface area contributed by atoms with E-state index in [0.717, 1.165) is 16.9 Å². The molecule has 0 saturated carbocycles. The maximum Gasteiger partial charge on any atom is 0.150 e. The van der Waals surface area contributed by atoms with Crippen LogP contribution in [0.25, 0.3) is 10.9 Å². The highest BCUT2D eigenvalue weighted by molar-refractivity contribution is 6.31. The predicted octanol–water partition coefficient (Wildman–Crippen LogP) is 3.14. The Kier molecular flexibility index (Phi) is 2.84. The van der Waals surface area contributed by atoms with Gasteiger partial charge in [-0.2, -0.15) is 0 Å². The summed E-state index contributed by atoms with van der Waals surface area (Å²) in [6.07, 6.45) is 0.710. The van der Waals surface area contributed by atoms with Crippen molar-refractivity contribution >= 4 is 28.2 Å². The predicted molar refractivity (Wildman–Crippen MR) is 69.6 cm³/mol. The fourth-order valence-electron chi connectivity index (χ4n) is 2.37. The third kappa shape index (κ3) is 1.72. The molecule has 1 aromatic heterocycles. The van der Waals surface area contributed by atoms with Crippen LogP contribution in [0, 0.1) is 5.82 Å². The number of nitrogens with zero attached hydrogens (tertiary/aromatic N) is 1. The van der Waals surface area contributed by atoms with Crippen LogP contribution in [0.1, 0.15) is 11.3 Å². The van der Waals surface area contributed by atoms with Gasteiger partial charge in [0.15, 0.2) is 5.82 Å². The number of nitrogens with one attached hydrogen (secondary N) is 1. The van der Waals surface area contributed by atoms with E-state index in [9.17, 15) is 4.39 Å². The van der Waals surface area contributed by atoms with Gasteiger partial charge in [0.1, 0.15) is 5.52 Å². The summed E-state index contributed by atoms with van der Waals surface area (Å²) >= 11 is 5.91. The number of halogens is 2. The van der Waals surface area contributed by atoms with Crippen molar-refractivity contribution in [1.82, 2.24) is 4.98 Å². The molecule has 1 aliphatic rings. The molecule has 2 aromatic rings. The van der Waals surface area contributed by atoms with Crippen molar-refractivity contribution in [2.24, 2.45) is 0 Å². The van der Waals surface area contributed by atoms with Crippen molar-refractivity contribution in [2.75, 3.05) is 19.0 Å². The molecule has 18 heavy (non-hydrogen) atoms. The van der Waals surface area contributed by atoms with Crippen LogP contribution < -0.4 is 5.32 Å². The van der Waals surface area contributed by atoms with Crippen LogP contribution in [-0.4, -0.2) is 18.6 Å². The smallest absolute Gasteiger partial charge is 0.150 e. The Labute approximate surface area is 109 Å².